The molecule has 0 aliphatic rings. The molecule has 0 saturated carbocycles. The van der Waals surface area contributed by atoms with Crippen LogP contribution in [0.15, 0.2) is 47.2 Å². The van der Waals surface area contributed by atoms with Crippen LogP contribution in [0.1, 0.15) is 5.82 Å². The van der Waals surface area contributed by atoms with Crippen molar-refractivity contribution in [2.75, 3.05) is 0 Å². The van der Waals surface area contributed by atoms with Crippen LogP contribution in [0.3, 0.4) is 0 Å². The van der Waals surface area contributed by atoms with Gasteiger partial charge in [-0.25, -0.2) is 0 Å². The van der Waals surface area contributed by atoms with E-state index in [9.17, 15) is 13.2 Å². The lowest BCUT2D eigenvalue weighted by atomic mass is 10.2. The fourth-order valence-electron chi connectivity index (χ4n) is 2.09. The summed E-state index contributed by atoms with van der Waals surface area (Å²) in [5.41, 5.74) is 0.637. The third kappa shape index (κ3) is 2.86. The van der Waals surface area contributed by atoms with Crippen molar-refractivity contribution in [3.63, 3.8) is 0 Å². The fraction of sp³-hybridized carbons (Fsp3) is 0.0714. The van der Waals surface area contributed by atoms with Gasteiger partial charge in [-0.15, -0.1) is 25.5 Å². The molecule has 0 amide bonds. The lowest BCUT2D eigenvalue weighted by molar-refractivity contribution is -0.146. The molecule has 126 valence electrons. The first kappa shape index (κ1) is 15.1. The van der Waals surface area contributed by atoms with E-state index < -0.39 is 12.0 Å². The third-order valence-corrected chi connectivity index (χ3v) is 3.18. The highest BCUT2D eigenvalue weighted by atomic mass is 19.4. The average Bonchev–Trinajstić information content (AvgIpc) is 3.24. The number of benzene rings is 1. The quantitative estimate of drug-likeness (QED) is 0.562. The molecule has 4 rings (SSSR count). The Hall–Kier alpha value is -3.50. The minimum atomic E-state index is -4.67. The number of fused-ring (bicyclic) bond motifs is 1. The van der Waals surface area contributed by atoms with Gasteiger partial charge in [0.2, 0.25) is 18.2 Å². The zero-order valence-electron chi connectivity index (χ0n) is 12.2. The maximum absolute atomic E-state index is 12.9. The Morgan fingerprint density at radius 3 is 2.44 bits per heavy atom. The second-order valence-electron chi connectivity index (χ2n) is 4.83. The van der Waals surface area contributed by atoms with Gasteiger partial charge in [0.05, 0.1) is 0 Å². The van der Waals surface area contributed by atoms with Crippen molar-refractivity contribution < 1.29 is 22.3 Å². The highest BCUT2D eigenvalue weighted by Crippen LogP contribution is 2.28. The first-order chi connectivity index (χ1) is 12.0. The van der Waals surface area contributed by atoms with Crippen molar-refractivity contribution in [3.05, 3.63) is 48.6 Å². The van der Waals surface area contributed by atoms with E-state index in [1.165, 1.54) is 18.5 Å². The highest BCUT2D eigenvalue weighted by molar-refractivity contribution is 5.54. The van der Waals surface area contributed by atoms with Gasteiger partial charge in [0, 0.05) is 11.6 Å². The van der Waals surface area contributed by atoms with E-state index in [0.29, 0.717) is 21.7 Å². The van der Waals surface area contributed by atoms with Crippen LogP contribution in [0.5, 0.6) is 11.6 Å². The fourth-order valence-corrected chi connectivity index (χ4v) is 2.09. The Morgan fingerprint density at radius 2 is 1.76 bits per heavy atom. The molecule has 11 heteroatoms. The van der Waals surface area contributed by atoms with Crippen LogP contribution >= 0.6 is 0 Å². The van der Waals surface area contributed by atoms with E-state index in [4.69, 9.17) is 9.15 Å². The maximum Gasteiger partial charge on any atom is 0.453 e. The first-order valence-electron chi connectivity index (χ1n) is 6.85. The van der Waals surface area contributed by atoms with Crippen LogP contribution in [-0.4, -0.2) is 30.0 Å². The molecule has 0 bridgehead atoms. The summed E-state index contributed by atoms with van der Waals surface area (Å²) < 4.78 is 49.7. The predicted octanol–water partition coefficient (Wildman–Crippen LogP) is 2.99. The van der Waals surface area contributed by atoms with Crippen molar-refractivity contribution in [1.82, 2.24) is 30.0 Å². The lowest BCUT2D eigenvalue weighted by Crippen LogP contribution is -2.12. The van der Waals surface area contributed by atoms with Gasteiger partial charge in [0.25, 0.3) is 5.82 Å². The number of ether oxygens (including phenoxy) is 1. The number of rotatable bonds is 3. The Morgan fingerprint density at radius 1 is 0.960 bits per heavy atom. The van der Waals surface area contributed by atoms with Crippen LogP contribution in [0.25, 0.3) is 17.1 Å². The predicted molar refractivity (Wildman–Crippen MR) is 75.6 cm³/mol. The molecule has 0 aliphatic carbocycles. The van der Waals surface area contributed by atoms with E-state index >= 15 is 0 Å². The van der Waals surface area contributed by atoms with Gasteiger partial charge in [-0.2, -0.15) is 17.7 Å². The van der Waals surface area contributed by atoms with Gasteiger partial charge in [-0.3, -0.25) is 0 Å². The van der Waals surface area contributed by atoms with Gasteiger partial charge in [-0.05, 0) is 30.3 Å². The number of hydrogen-bond donors (Lipinski definition) is 0. The molecule has 3 aromatic heterocycles. The molecular formula is C14H7F3N6O2. The molecular weight excluding hydrogens is 341 g/mol. The lowest BCUT2D eigenvalue weighted by Gasteiger charge is -2.07. The van der Waals surface area contributed by atoms with Crippen LogP contribution in [0.4, 0.5) is 13.2 Å². The van der Waals surface area contributed by atoms with Crippen molar-refractivity contribution >= 4 is 5.65 Å². The summed E-state index contributed by atoms with van der Waals surface area (Å²) >= 11 is 0. The molecule has 25 heavy (non-hydrogen) atoms. The summed E-state index contributed by atoms with van der Waals surface area (Å²) in [4.78, 5) is 0. The van der Waals surface area contributed by atoms with Gasteiger partial charge in [0.1, 0.15) is 5.75 Å². The summed E-state index contributed by atoms with van der Waals surface area (Å²) in [5.74, 6) is -0.551. The summed E-state index contributed by atoms with van der Waals surface area (Å²) in [5, 5.41) is 17.6. The molecule has 0 spiro atoms. The normalized spacial score (nSPS) is 11.8. The molecule has 0 radical (unpaired) electrons. The Labute approximate surface area is 136 Å². The largest absolute Gasteiger partial charge is 0.453 e. The molecule has 3 heterocycles. The number of aromatic nitrogens is 6. The van der Waals surface area contributed by atoms with Crippen LogP contribution in [-0.2, 0) is 6.18 Å². The minimum Gasteiger partial charge on any atom is -0.438 e. The van der Waals surface area contributed by atoms with Gasteiger partial charge in [0.15, 0.2) is 5.65 Å². The average molecular weight is 348 g/mol. The van der Waals surface area contributed by atoms with Crippen molar-refractivity contribution in [2.45, 2.75) is 6.18 Å². The molecule has 0 fully saturated rings. The third-order valence-electron chi connectivity index (χ3n) is 3.18. The van der Waals surface area contributed by atoms with E-state index in [1.807, 2.05) is 0 Å². The number of hydrogen-bond acceptors (Lipinski definition) is 7. The zero-order chi connectivity index (χ0) is 17.4. The van der Waals surface area contributed by atoms with Gasteiger partial charge in [-0.1, -0.05) is 0 Å². The minimum absolute atomic E-state index is 0.0357. The van der Waals surface area contributed by atoms with E-state index in [2.05, 4.69) is 25.5 Å². The van der Waals surface area contributed by atoms with E-state index in [0.717, 1.165) is 0 Å². The zero-order valence-corrected chi connectivity index (χ0v) is 12.2. The first-order valence-corrected chi connectivity index (χ1v) is 6.85. The Kier molecular flexibility index (Phi) is 3.34. The van der Waals surface area contributed by atoms with Gasteiger partial charge >= 0.3 is 6.18 Å². The van der Waals surface area contributed by atoms with Crippen molar-refractivity contribution in [2.24, 2.45) is 0 Å². The number of alkyl halides is 3. The summed E-state index contributed by atoms with van der Waals surface area (Å²) in [6.45, 7) is 0. The van der Waals surface area contributed by atoms with Crippen molar-refractivity contribution in [1.29, 1.82) is 0 Å². The van der Waals surface area contributed by atoms with Crippen molar-refractivity contribution in [3.8, 4) is 23.1 Å². The Balaban J connectivity index is 1.62. The van der Waals surface area contributed by atoms with Crippen LogP contribution < -0.4 is 4.74 Å². The standard InChI is InChI=1S/C14H7F3N6O2/c15-14(16,17)13-21-19-10-5-6-11(22-23(10)13)25-9-3-1-8(2-4-9)12-20-18-7-24-12/h1-7H. The topological polar surface area (TPSA) is 91.2 Å². The molecule has 0 N–H and O–H groups in total. The highest BCUT2D eigenvalue weighted by Gasteiger charge is 2.37. The second kappa shape index (κ2) is 5.54. The Bertz CT molecular complexity index is 1010. The smallest absolute Gasteiger partial charge is 0.438 e. The summed E-state index contributed by atoms with van der Waals surface area (Å²) in [6.07, 6.45) is -3.47. The van der Waals surface area contributed by atoms with E-state index in [1.54, 1.807) is 24.3 Å². The molecule has 0 saturated heterocycles. The molecule has 4 aromatic rings. The molecule has 0 atom stereocenters. The van der Waals surface area contributed by atoms with Crippen LogP contribution in [0, 0.1) is 0 Å². The monoisotopic (exact) mass is 348 g/mol. The number of nitrogens with zero attached hydrogens (tertiary/aromatic N) is 6. The second-order valence-corrected chi connectivity index (χ2v) is 4.83. The van der Waals surface area contributed by atoms with Crippen LogP contribution in [0.2, 0.25) is 0 Å². The molecule has 0 aliphatic heterocycles. The molecule has 1 aromatic carbocycles. The molecule has 0 unspecified atom stereocenters. The van der Waals surface area contributed by atoms with Gasteiger partial charge < -0.3 is 9.15 Å². The summed E-state index contributed by atoms with van der Waals surface area (Å²) in [7, 11) is 0. The SMILES string of the molecule is FC(F)(F)c1nnc2ccc(Oc3ccc(-c4nnco4)cc3)nn12. The summed E-state index contributed by atoms with van der Waals surface area (Å²) in [6, 6.07) is 9.26. The molecule has 8 nitrogen and oxygen atoms in total. The van der Waals surface area contributed by atoms with E-state index in [-0.39, 0.29) is 11.5 Å². The number of halogens is 3. The maximum atomic E-state index is 12.9.